The Balaban J connectivity index is 1.80. The summed E-state index contributed by atoms with van der Waals surface area (Å²) in [5.74, 6) is -0.995. The minimum Gasteiger partial charge on any atom is -0.339 e. The van der Waals surface area contributed by atoms with Gasteiger partial charge in [0, 0.05) is 18.6 Å². The molecule has 2 aromatic carbocycles. The number of nitrogens with zero attached hydrogens (tertiary/aromatic N) is 2. The van der Waals surface area contributed by atoms with Crippen LogP contribution in [0.2, 0.25) is 0 Å². The van der Waals surface area contributed by atoms with E-state index in [0.29, 0.717) is 17.5 Å². The van der Waals surface area contributed by atoms with Gasteiger partial charge in [-0.25, -0.2) is 0 Å². The molecule has 1 saturated heterocycles. The van der Waals surface area contributed by atoms with E-state index in [9.17, 15) is 20.2 Å². The molecule has 0 radical (unpaired) electrons. The van der Waals surface area contributed by atoms with Crippen molar-refractivity contribution >= 4 is 11.4 Å². The van der Waals surface area contributed by atoms with Gasteiger partial charge >= 0.3 is 0 Å². The Hall–Kier alpha value is -2.84. The van der Waals surface area contributed by atoms with Gasteiger partial charge in [-0.1, -0.05) is 76.1 Å². The third kappa shape index (κ3) is 6.39. The smallest absolute Gasteiger partial charge is 0.275 e. The van der Waals surface area contributed by atoms with Crippen molar-refractivity contribution in [2.24, 2.45) is 0 Å². The number of ether oxygens (including phenoxy) is 2. The fraction of sp³-hybridized carbons (Fsp3) is 0.538. The molecule has 1 aliphatic rings. The van der Waals surface area contributed by atoms with Crippen LogP contribution < -0.4 is 0 Å². The molecule has 0 saturated carbocycles. The van der Waals surface area contributed by atoms with Crippen LogP contribution in [-0.4, -0.2) is 15.6 Å². The number of nitro groups is 2. The van der Waals surface area contributed by atoms with Gasteiger partial charge in [-0.15, -0.1) is 0 Å². The highest BCUT2D eigenvalue weighted by atomic mass is 16.8. The van der Waals surface area contributed by atoms with Crippen molar-refractivity contribution in [3.8, 4) is 0 Å². The first-order valence-corrected chi connectivity index (χ1v) is 12.2. The number of para-hydroxylation sites is 2. The summed E-state index contributed by atoms with van der Waals surface area (Å²) in [6, 6.07) is 12.7. The van der Waals surface area contributed by atoms with Crippen LogP contribution in [0.1, 0.15) is 95.0 Å². The number of hydrogen-bond acceptors (Lipinski definition) is 6. The first-order valence-electron chi connectivity index (χ1n) is 12.2. The molecule has 0 aliphatic carbocycles. The molecule has 2 atom stereocenters. The Morgan fingerprint density at radius 1 is 0.735 bits per heavy atom. The zero-order valence-corrected chi connectivity index (χ0v) is 20.0. The molecular formula is C26H34N2O6. The normalized spacial score (nSPS) is 19.2. The lowest BCUT2D eigenvalue weighted by Crippen LogP contribution is -2.25. The molecule has 0 aromatic heterocycles. The second-order valence-electron chi connectivity index (χ2n) is 9.07. The molecule has 1 fully saturated rings. The number of rotatable bonds is 13. The van der Waals surface area contributed by atoms with Gasteiger partial charge in [-0.2, -0.15) is 0 Å². The summed E-state index contributed by atoms with van der Waals surface area (Å²) in [5, 5.41) is 23.4. The van der Waals surface area contributed by atoms with Crippen LogP contribution in [0, 0.1) is 20.2 Å². The molecule has 0 bridgehead atoms. The van der Waals surface area contributed by atoms with Crippen LogP contribution in [-0.2, 0) is 9.47 Å². The standard InChI is InChI=1S/C26H34N2O6/c1-3-4-5-6-7-8-9-14-19-26(2)33-24(20-15-10-12-17-22(20)27(29)30)25(34-26)21-16-11-13-18-23(21)28(31)32/h10-13,15-18,24-25H,3-9,14,19H2,1-2H3/t24-,25-/m1/s1. The van der Waals surface area contributed by atoms with Crippen molar-refractivity contribution in [2.45, 2.75) is 89.6 Å². The van der Waals surface area contributed by atoms with Crippen LogP contribution in [0.15, 0.2) is 48.5 Å². The molecule has 8 heteroatoms. The molecule has 8 nitrogen and oxygen atoms in total. The Bertz CT molecular complexity index is 914. The van der Waals surface area contributed by atoms with Crippen molar-refractivity contribution in [2.75, 3.05) is 0 Å². The molecule has 0 N–H and O–H groups in total. The number of hydrogen-bond donors (Lipinski definition) is 0. The number of benzene rings is 2. The maximum atomic E-state index is 11.7. The van der Waals surface area contributed by atoms with E-state index in [-0.39, 0.29) is 11.4 Å². The lowest BCUT2D eigenvalue weighted by atomic mass is 9.96. The van der Waals surface area contributed by atoms with Gasteiger partial charge in [-0.05, 0) is 25.5 Å². The summed E-state index contributed by atoms with van der Waals surface area (Å²) in [6.07, 6.45) is 8.25. The topological polar surface area (TPSA) is 105 Å². The van der Waals surface area contributed by atoms with E-state index in [1.807, 2.05) is 6.92 Å². The van der Waals surface area contributed by atoms with E-state index >= 15 is 0 Å². The zero-order chi connectivity index (χ0) is 24.6. The van der Waals surface area contributed by atoms with E-state index in [0.717, 1.165) is 19.3 Å². The Morgan fingerprint density at radius 2 is 1.15 bits per heavy atom. The summed E-state index contributed by atoms with van der Waals surface area (Å²) in [5.41, 5.74) is 0.539. The zero-order valence-electron chi connectivity index (χ0n) is 20.0. The molecule has 34 heavy (non-hydrogen) atoms. The number of unbranched alkanes of at least 4 members (excludes halogenated alkanes) is 7. The predicted molar refractivity (Wildman–Crippen MR) is 129 cm³/mol. The SMILES string of the molecule is CCCCCCCCCCC1(C)O[C@H](c2ccccc2[N+](=O)[O-])[C@@H](c2ccccc2[N+](=O)[O-])O1. The Kier molecular flexibility index (Phi) is 9.12. The highest BCUT2D eigenvalue weighted by molar-refractivity contribution is 5.47. The molecule has 1 heterocycles. The molecular weight excluding hydrogens is 436 g/mol. The van der Waals surface area contributed by atoms with Gasteiger partial charge in [-0.3, -0.25) is 20.2 Å². The van der Waals surface area contributed by atoms with Crippen molar-refractivity contribution in [3.63, 3.8) is 0 Å². The molecule has 1 aliphatic heterocycles. The lowest BCUT2D eigenvalue weighted by Gasteiger charge is -2.23. The largest absolute Gasteiger partial charge is 0.339 e. The van der Waals surface area contributed by atoms with Gasteiger partial charge in [0.2, 0.25) is 0 Å². The molecule has 0 amide bonds. The van der Waals surface area contributed by atoms with E-state index in [2.05, 4.69) is 6.92 Å². The molecule has 0 unspecified atom stereocenters. The highest BCUT2D eigenvalue weighted by Gasteiger charge is 2.49. The quantitative estimate of drug-likeness (QED) is 0.170. The first-order chi connectivity index (χ1) is 16.4. The Labute approximate surface area is 200 Å². The van der Waals surface area contributed by atoms with E-state index < -0.39 is 27.8 Å². The minimum atomic E-state index is -0.995. The van der Waals surface area contributed by atoms with Crippen molar-refractivity contribution in [1.29, 1.82) is 0 Å². The summed E-state index contributed by atoms with van der Waals surface area (Å²) in [4.78, 5) is 22.5. The third-order valence-electron chi connectivity index (χ3n) is 6.39. The minimum absolute atomic E-state index is 0.0870. The Morgan fingerprint density at radius 3 is 1.59 bits per heavy atom. The summed E-state index contributed by atoms with van der Waals surface area (Å²) in [7, 11) is 0. The summed E-state index contributed by atoms with van der Waals surface area (Å²) < 4.78 is 12.7. The maximum Gasteiger partial charge on any atom is 0.275 e. The van der Waals surface area contributed by atoms with E-state index in [4.69, 9.17) is 9.47 Å². The fourth-order valence-corrected chi connectivity index (χ4v) is 4.63. The molecule has 2 aromatic rings. The fourth-order valence-electron chi connectivity index (χ4n) is 4.63. The molecule has 3 rings (SSSR count). The lowest BCUT2D eigenvalue weighted by molar-refractivity contribution is -0.387. The van der Waals surface area contributed by atoms with Crippen LogP contribution in [0.5, 0.6) is 0 Å². The predicted octanol–water partition coefficient (Wildman–Crippen LogP) is 7.58. The van der Waals surface area contributed by atoms with Crippen molar-refractivity contribution < 1.29 is 19.3 Å². The van der Waals surface area contributed by atoms with Crippen LogP contribution in [0.3, 0.4) is 0 Å². The highest BCUT2D eigenvalue weighted by Crippen LogP contribution is 2.52. The number of nitro benzene ring substituents is 2. The van der Waals surface area contributed by atoms with Crippen LogP contribution in [0.25, 0.3) is 0 Å². The van der Waals surface area contributed by atoms with Gasteiger partial charge in [0.1, 0.15) is 12.2 Å². The maximum absolute atomic E-state index is 11.7. The average molecular weight is 471 g/mol. The van der Waals surface area contributed by atoms with E-state index in [1.165, 1.54) is 44.2 Å². The van der Waals surface area contributed by atoms with Gasteiger partial charge < -0.3 is 9.47 Å². The summed E-state index contributed by atoms with van der Waals surface area (Å²) in [6.45, 7) is 4.03. The van der Waals surface area contributed by atoms with E-state index in [1.54, 1.807) is 36.4 Å². The van der Waals surface area contributed by atoms with Crippen molar-refractivity contribution in [1.82, 2.24) is 0 Å². The molecule has 184 valence electrons. The second kappa shape index (κ2) is 12.0. The third-order valence-corrected chi connectivity index (χ3v) is 6.39. The van der Waals surface area contributed by atoms with Crippen LogP contribution >= 0.6 is 0 Å². The molecule has 0 spiro atoms. The first kappa shape index (κ1) is 25.8. The monoisotopic (exact) mass is 470 g/mol. The van der Waals surface area contributed by atoms with Crippen molar-refractivity contribution in [3.05, 3.63) is 79.9 Å². The van der Waals surface area contributed by atoms with Gasteiger partial charge in [0.15, 0.2) is 5.79 Å². The average Bonchev–Trinajstić information content (AvgIpc) is 3.18. The second-order valence-corrected chi connectivity index (χ2v) is 9.07. The van der Waals surface area contributed by atoms with Gasteiger partial charge in [0.05, 0.1) is 21.0 Å². The van der Waals surface area contributed by atoms with Gasteiger partial charge in [0.25, 0.3) is 11.4 Å². The van der Waals surface area contributed by atoms with Crippen LogP contribution in [0.4, 0.5) is 11.4 Å². The summed E-state index contributed by atoms with van der Waals surface area (Å²) >= 11 is 0.